The van der Waals surface area contributed by atoms with Crippen LogP contribution in [-0.4, -0.2) is 4.98 Å². The minimum absolute atomic E-state index is 0.466. The molecule has 0 spiro atoms. The topological polar surface area (TPSA) is 48.7 Å². The van der Waals surface area contributed by atoms with Gasteiger partial charge in [-0.25, -0.2) is 4.98 Å². The third-order valence-corrected chi connectivity index (χ3v) is 3.05. The van der Waals surface area contributed by atoms with E-state index in [1.165, 1.54) is 5.56 Å². The van der Waals surface area contributed by atoms with Gasteiger partial charge in [-0.15, -0.1) is 0 Å². The zero-order valence-corrected chi connectivity index (χ0v) is 11.2. The van der Waals surface area contributed by atoms with E-state index in [2.05, 4.69) is 42.4 Å². The predicted octanol–water partition coefficient (Wildman–Crippen LogP) is 3.69. The zero-order valence-electron chi connectivity index (χ0n) is 11.2. The summed E-state index contributed by atoms with van der Waals surface area (Å²) in [7, 11) is 0. The first kappa shape index (κ1) is 13.1. The van der Waals surface area contributed by atoms with Gasteiger partial charge in [-0.3, -0.25) is 0 Å². The molecule has 0 radical (unpaired) electrons. The lowest BCUT2D eigenvalue weighted by Crippen LogP contribution is -2.05. The number of rotatable bonds is 4. The summed E-state index contributed by atoms with van der Waals surface area (Å²) >= 11 is 0. The van der Waals surface area contributed by atoms with Crippen molar-refractivity contribution in [2.75, 3.05) is 5.32 Å². The number of nitriles is 1. The molecule has 0 aliphatic rings. The van der Waals surface area contributed by atoms with Gasteiger partial charge < -0.3 is 5.32 Å². The zero-order chi connectivity index (χ0) is 13.7. The summed E-state index contributed by atoms with van der Waals surface area (Å²) in [6, 6.07) is 14.2. The Morgan fingerprint density at radius 2 is 2.00 bits per heavy atom. The Bertz CT molecular complexity index is 597. The average molecular weight is 251 g/mol. The maximum absolute atomic E-state index is 9.02. The first-order valence-corrected chi connectivity index (χ1v) is 6.39. The molecule has 1 N–H and O–H groups in total. The number of nitrogens with one attached hydrogen (secondary N) is 1. The van der Waals surface area contributed by atoms with Crippen LogP contribution in [0.3, 0.4) is 0 Å². The molecule has 0 fully saturated rings. The molecule has 0 saturated heterocycles. The quantitative estimate of drug-likeness (QED) is 0.901. The maximum atomic E-state index is 9.02. The van der Waals surface area contributed by atoms with Crippen molar-refractivity contribution in [3.05, 3.63) is 59.4 Å². The Kier molecular flexibility index (Phi) is 4.15. The predicted molar refractivity (Wildman–Crippen MR) is 76.8 cm³/mol. The van der Waals surface area contributed by atoms with Crippen molar-refractivity contribution >= 4 is 5.69 Å². The van der Waals surface area contributed by atoms with Crippen molar-refractivity contribution in [3.63, 3.8) is 0 Å². The summed E-state index contributed by atoms with van der Waals surface area (Å²) < 4.78 is 0. The monoisotopic (exact) mass is 251 g/mol. The van der Waals surface area contributed by atoms with Gasteiger partial charge >= 0.3 is 0 Å². The summed E-state index contributed by atoms with van der Waals surface area (Å²) in [4.78, 5) is 4.07. The number of pyridine rings is 1. The lowest BCUT2D eigenvalue weighted by molar-refractivity contribution is 0.865. The number of nitrogens with zero attached hydrogens (tertiary/aromatic N) is 2. The molecule has 2 aromatic rings. The normalized spacial score (nSPS) is 10.2. The van der Waals surface area contributed by atoms with Crippen LogP contribution in [0.1, 0.15) is 36.6 Å². The van der Waals surface area contributed by atoms with Crippen LogP contribution in [-0.2, 0) is 6.54 Å². The van der Waals surface area contributed by atoms with E-state index in [1.54, 1.807) is 6.20 Å². The SMILES string of the molecule is CC(C)c1ccccc1NCc1cccnc1C#N. The van der Waals surface area contributed by atoms with Crippen LogP contribution in [0.2, 0.25) is 0 Å². The summed E-state index contributed by atoms with van der Waals surface area (Å²) in [5.74, 6) is 0.466. The Morgan fingerprint density at radius 1 is 1.21 bits per heavy atom. The third kappa shape index (κ3) is 3.11. The van der Waals surface area contributed by atoms with Crippen LogP contribution in [0, 0.1) is 11.3 Å². The van der Waals surface area contributed by atoms with Gasteiger partial charge in [0.1, 0.15) is 11.8 Å². The van der Waals surface area contributed by atoms with E-state index >= 15 is 0 Å². The highest BCUT2D eigenvalue weighted by Gasteiger charge is 2.07. The molecule has 3 heteroatoms. The minimum atomic E-state index is 0.466. The van der Waals surface area contributed by atoms with Crippen molar-refractivity contribution in [1.82, 2.24) is 4.98 Å². The van der Waals surface area contributed by atoms with Gasteiger partial charge in [0.05, 0.1) is 0 Å². The highest BCUT2D eigenvalue weighted by atomic mass is 14.9. The Balaban J connectivity index is 2.18. The van der Waals surface area contributed by atoms with Crippen LogP contribution in [0.25, 0.3) is 0 Å². The molecule has 0 amide bonds. The molecule has 3 nitrogen and oxygen atoms in total. The highest BCUT2D eigenvalue weighted by molar-refractivity contribution is 5.53. The van der Waals surface area contributed by atoms with E-state index in [9.17, 15) is 0 Å². The fraction of sp³-hybridized carbons (Fsp3) is 0.250. The van der Waals surface area contributed by atoms with Gasteiger partial charge in [-0.2, -0.15) is 5.26 Å². The maximum Gasteiger partial charge on any atom is 0.145 e. The molecule has 0 bridgehead atoms. The first-order chi connectivity index (χ1) is 9.22. The van der Waals surface area contributed by atoms with Crippen molar-refractivity contribution in [3.8, 4) is 6.07 Å². The number of hydrogen-bond acceptors (Lipinski definition) is 3. The molecule has 19 heavy (non-hydrogen) atoms. The molecule has 0 aliphatic heterocycles. The molecule has 0 unspecified atom stereocenters. The number of hydrogen-bond donors (Lipinski definition) is 1. The van der Waals surface area contributed by atoms with E-state index < -0.39 is 0 Å². The highest BCUT2D eigenvalue weighted by Crippen LogP contribution is 2.24. The van der Waals surface area contributed by atoms with Gasteiger partial charge in [0, 0.05) is 24.0 Å². The molecule has 1 heterocycles. The average Bonchev–Trinajstić information content (AvgIpc) is 2.45. The minimum Gasteiger partial charge on any atom is -0.381 e. The second kappa shape index (κ2) is 6.01. The van der Waals surface area contributed by atoms with Gasteiger partial charge in [-0.1, -0.05) is 38.1 Å². The van der Waals surface area contributed by atoms with Crippen LogP contribution < -0.4 is 5.32 Å². The molecule has 2 rings (SSSR count). The van der Waals surface area contributed by atoms with Crippen molar-refractivity contribution < 1.29 is 0 Å². The lowest BCUT2D eigenvalue weighted by atomic mass is 10.0. The molecule has 0 atom stereocenters. The van der Waals surface area contributed by atoms with E-state index in [4.69, 9.17) is 5.26 Å². The van der Waals surface area contributed by atoms with E-state index in [-0.39, 0.29) is 0 Å². The van der Waals surface area contributed by atoms with Crippen LogP contribution in [0.5, 0.6) is 0 Å². The van der Waals surface area contributed by atoms with Gasteiger partial charge in [-0.05, 0) is 23.6 Å². The van der Waals surface area contributed by atoms with Gasteiger partial charge in [0.15, 0.2) is 0 Å². The Hall–Kier alpha value is -2.34. The van der Waals surface area contributed by atoms with Crippen molar-refractivity contribution in [1.29, 1.82) is 5.26 Å². The molecule has 96 valence electrons. The standard InChI is InChI=1S/C16H17N3/c1-12(2)14-7-3-4-8-15(14)19-11-13-6-5-9-18-16(13)10-17/h3-9,12,19H,11H2,1-2H3. The smallest absolute Gasteiger partial charge is 0.145 e. The van der Waals surface area contributed by atoms with Crippen molar-refractivity contribution in [2.24, 2.45) is 0 Å². The number of aromatic nitrogens is 1. The van der Waals surface area contributed by atoms with Crippen LogP contribution in [0.15, 0.2) is 42.6 Å². The Morgan fingerprint density at radius 3 is 2.74 bits per heavy atom. The van der Waals surface area contributed by atoms with E-state index in [0.717, 1.165) is 11.3 Å². The van der Waals surface area contributed by atoms with Gasteiger partial charge in [0.25, 0.3) is 0 Å². The largest absolute Gasteiger partial charge is 0.381 e. The van der Waals surface area contributed by atoms with E-state index in [0.29, 0.717) is 18.2 Å². The fourth-order valence-electron chi connectivity index (χ4n) is 2.03. The molecule has 0 saturated carbocycles. The molecular formula is C16H17N3. The number of benzene rings is 1. The summed E-state index contributed by atoms with van der Waals surface area (Å²) in [5, 5.41) is 12.4. The lowest BCUT2D eigenvalue weighted by Gasteiger charge is -2.14. The molecule has 1 aromatic heterocycles. The summed E-state index contributed by atoms with van der Waals surface area (Å²) in [6.07, 6.45) is 1.64. The number of anilines is 1. The second-order valence-electron chi connectivity index (χ2n) is 4.72. The summed E-state index contributed by atoms with van der Waals surface area (Å²) in [5.41, 5.74) is 3.80. The number of para-hydroxylation sites is 1. The third-order valence-electron chi connectivity index (χ3n) is 3.05. The Labute approximate surface area is 113 Å². The van der Waals surface area contributed by atoms with E-state index in [1.807, 2.05) is 24.3 Å². The van der Waals surface area contributed by atoms with Gasteiger partial charge in [0.2, 0.25) is 0 Å². The van der Waals surface area contributed by atoms with Crippen LogP contribution >= 0.6 is 0 Å². The second-order valence-corrected chi connectivity index (χ2v) is 4.72. The molecule has 1 aromatic carbocycles. The molecule has 0 aliphatic carbocycles. The van der Waals surface area contributed by atoms with Crippen LogP contribution in [0.4, 0.5) is 5.69 Å². The first-order valence-electron chi connectivity index (χ1n) is 6.39. The van der Waals surface area contributed by atoms with Crippen molar-refractivity contribution in [2.45, 2.75) is 26.3 Å². The summed E-state index contributed by atoms with van der Waals surface area (Å²) in [6.45, 7) is 4.96. The molecular weight excluding hydrogens is 234 g/mol. The fourth-order valence-corrected chi connectivity index (χ4v) is 2.03.